The average molecular weight is 421 g/mol. The molecule has 162 valence electrons. The fraction of sp³-hybridized carbons (Fsp3) is 0.400. The monoisotopic (exact) mass is 420 g/mol. The first-order valence-corrected chi connectivity index (χ1v) is 10.9. The van der Waals surface area contributed by atoms with Crippen LogP contribution in [0.25, 0.3) is 10.9 Å². The summed E-state index contributed by atoms with van der Waals surface area (Å²) in [6.45, 7) is 5.85. The molecule has 0 N–H and O–H groups in total. The number of aromatic nitrogens is 1. The minimum absolute atomic E-state index is 0.00456. The standard InChI is InChI=1S/C25H28N2O4/c1-16-23(25(28)17-6-8-19(29-2)9-7-17)21-12-20(30-3)13-22-24(21)27(16)18(15-31-22)14-26-10-4-5-11-26/h6-9,12-13,18H,4-5,10-11,14-15H2,1-3H3. The van der Waals surface area contributed by atoms with Gasteiger partial charge in [0.1, 0.15) is 23.9 Å². The van der Waals surface area contributed by atoms with Crippen LogP contribution in [-0.4, -0.2) is 55.7 Å². The molecule has 5 rings (SSSR count). The van der Waals surface area contributed by atoms with Gasteiger partial charge in [0, 0.05) is 29.3 Å². The van der Waals surface area contributed by atoms with E-state index in [4.69, 9.17) is 14.2 Å². The van der Waals surface area contributed by atoms with Gasteiger partial charge in [0.15, 0.2) is 5.78 Å². The summed E-state index contributed by atoms with van der Waals surface area (Å²) < 4.78 is 19.3. The highest BCUT2D eigenvalue weighted by Gasteiger charge is 2.32. The number of hydrogen-bond acceptors (Lipinski definition) is 5. The minimum Gasteiger partial charge on any atom is -0.497 e. The van der Waals surface area contributed by atoms with E-state index in [-0.39, 0.29) is 11.8 Å². The van der Waals surface area contributed by atoms with Gasteiger partial charge in [-0.2, -0.15) is 0 Å². The molecule has 2 aliphatic rings. The van der Waals surface area contributed by atoms with E-state index in [1.807, 2.05) is 36.4 Å². The zero-order valence-corrected chi connectivity index (χ0v) is 18.3. The number of rotatable bonds is 6. The maximum Gasteiger partial charge on any atom is 0.195 e. The molecule has 3 aromatic rings. The Morgan fingerprint density at radius 1 is 1.06 bits per heavy atom. The number of methoxy groups -OCH3 is 2. The van der Waals surface area contributed by atoms with Gasteiger partial charge in [-0.15, -0.1) is 0 Å². The summed E-state index contributed by atoms with van der Waals surface area (Å²) in [5.41, 5.74) is 3.34. The molecule has 31 heavy (non-hydrogen) atoms. The number of nitrogens with zero attached hydrogens (tertiary/aromatic N) is 2. The first-order chi connectivity index (χ1) is 15.1. The number of benzene rings is 2. The highest BCUT2D eigenvalue weighted by atomic mass is 16.5. The summed E-state index contributed by atoms with van der Waals surface area (Å²) >= 11 is 0. The molecule has 0 aliphatic carbocycles. The van der Waals surface area contributed by atoms with Crippen LogP contribution in [0, 0.1) is 6.92 Å². The zero-order valence-electron chi connectivity index (χ0n) is 18.3. The van der Waals surface area contributed by atoms with Gasteiger partial charge in [-0.05, 0) is 63.2 Å². The highest BCUT2D eigenvalue weighted by Crippen LogP contribution is 2.42. The second-order valence-corrected chi connectivity index (χ2v) is 8.38. The molecule has 1 atom stereocenters. The van der Waals surface area contributed by atoms with Crippen molar-refractivity contribution in [3.05, 3.63) is 53.2 Å². The SMILES string of the molecule is COc1ccc(C(=O)c2c(C)n3c4c(cc(OC)cc24)OCC3CN2CCCC2)cc1. The average Bonchev–Trinajstić information content (AvgIpc) is 3.41. The molecule has 2 aromatic carbocycles. The molecule has 1 aromatic heterocycles. The van der Waals surface area contributed by atoms with Gasteiger partial charge in [0.2, 0.25) is 0 Å². The summed E-state index contributed by atoms with van der Waals surface area (Å²) in [6, 6.07) is 11.4. The van der Waals surface area contributed by atoms with E-state index < -0.39 is 0 Å². The van der Waals surface area contributed by atoms with Crippen LogP contribution in [0.2, 0.25) is 0 Å². The van der Waals surface area contributed by atoms with Crippen LogP contribution in [0.3, 0.4) is 0 Å². The van der Waals surface area contributed by atoms with Crippen LogP contribution in [0.4, 0.5) is 0 Å². The Morgan fingerprint density at radius 2 is 1.77 bits per heavy atom. The van der Waals surface area contributed by atoms with E-state index in [2.05, 4.69) is 16.4 Å². The van der Waals surface area contributed by atoms with E-state index in [1.165, 1.54) is 12.8 Å². The Kier molecular flexibility index (Phi) is 5.10. The number of carbonyl (C=O) groups is 1. The normalized spacial score (nSPS) is 18.2. The third kappa shape index (κ3) is 3.35. The lowest BCUT2D eigenvalue weighted by Gasteiger charge is -2.31. The summed E-state index contributed by atoms with van der Waals surface area (Å²) in [7, 11) is 3.26. The van der Waals surface area contributed by atoms with Gasteiger partial charge >= 0.3 is 0 Å². The van der Waals surface area contributed by atoms with Gasteiger partial charge in [-0.3, -0.25) is 4.79 Å². The van der Waals surface area contributed by atoms with E-state index in [0.29, 0.717) is 17.9 Å². The quantitative estimate of drug-likeness (QED) is 0.559. The predicted octanol–water partition coefficient (Wildman–Crippen LogP) is 4.23. The van der Waals surface area contributed by atoms with Crippen molar-refractivity contribution in [2.45, 2.75) is 25.8 Å². The third-order valence-electron chi connectivity index (χ3n) is 6.56. The molecule has 6 heteroatoms. The molecule has 0 amide bonds. The number of likely N-dealkylation sites (tertiary alicyclic amines) is 1. The van der Waals surface area contributed by atoms with Crippen molar-refractivity contribution in [1.29, 1.82) is 0 Å². The summed E-state index contributed by atoms with van der Waals surface area (Å²) in [5, 5.41) is 0.888. The zero-order chi connectivity index (χ0) is 21.5. The lowest BCUT2D eigenvalue weighted by Crippen LogP contribution is -2.34. The predicted molar refractivity (Wildman–Crippen MR) is 120 cm³/mol. The molecule has 1 fully saturated rings. The van der Waals surface area contributed by atoms with Crippen LogP contribution in [0.1, 0.15) is 40.5 Å². The molecule has 0 radical (unpaired) electrons. The van der Waals surface area contributed by atoms with Gasteiger partial charge in [-0.25, -0.2) is 0 Å². The number of ether oxygens (including phenoxy) is 3. The van der Waals surface area contributed by atoms with Crippen molar-refractivity contribution in [2.24, 2.45) is 0 Å². The number of ketones is 1. The van der Waals surface area contributed by atoms with E-state index in [1.54, 1.807) is 14.2 Å². The van der Waals surface area contributed by atoms with Gasteiger partial charge in [-0.1, -0.05) is 0 Å². The van der Waals surface area contributed by atoms with Crippen molar-refractivity contribution in [1.82, 2.24) is 9.47 Å². The molecule has 0 spiro atoms. The molecular weight excluding hydrogens is 392 g/mol. The fourth-order valence-electron chi connectivity index (χ4n) is 5.02. The summed E-state index contributed by atoms with van der Waals surface area (Å²) in [6.07, 6.45) is 2.51. The first-order valence-electron chi connectivity index (χ1n) is 10.9. The Balaban J connectivity index is 1.65. The van der Waals surface area contributed by atoms with Crippen LogP contribution in [0.15, 0.2) is 36.4 Å². The Hall–Kier alpha value is -2.99. The third-order valence-corrected chi connectivity index (χ3v) is 6.56. The van der Waals surface area contributed by atoms with Crippen LogP contribution in [0.5, 0.6) is 17.2 Å². The van der Waals surface area contributed by atoms with Crippen molar-refractivity contribution >= 4 is 16.7 Å². The maximum absolute atomic E-state index is 13.6. The van der Waals surface area contributed by atoms with Crippen molar-refractivity contribution in [2.75, 3.05) is 40.5 Å². The Morgan fingerprint density at radius 3 is 2.45 bits per heavy atom. The van der Waals surface area contributed by atoms with Gasteiger partial charge in [0.05, 0.1) is 31.3 Å². The Labute approximate surface area is 182 Å². The van der Waals surface area contributed by atoms with E-state index >= 15 is 0 Å². The molecule has 2 aliphatic heterocycles. The van der Waals surface area contributed by atoms with E-state index in [0.717, 1.165) is 53.3 Å². The lowest BCUT2D eigenvalue weighted by atomic mass is 10.00. The van der Waals surface area contributed by atoms with Crippen molar-refractivity contribution in [3.63, 3.8) is 0 Å². The minimum atomic E-state index is 0.00456. The maximum atomic E-state index is 13.6. The summed E-state index contributed by atoms with van der Waals surface area (Å²) in [4.78, 5) is 16.1. The van der Waals surface area contributed by atoms with Crippen molar-refractivity contribution < 1.29 is 19.0 Å². The number of carbonyl (C=O) groups excluding carboxylic acids is 1. The Bertz CT molecular complexity index is 1130. The van der Waals surface area contributed by atoms with Crippen molar-refractivity contribution in [3.8, 4) is 17.2 Å². The second-order valence-electron chi connectivity index (χ2n) is 8.38. The van der Waals surface area contributed by atoms with Gasteiger partial charge < -0.3 is 23.7 Å². The summed E-state index contributed by atoms with van der Waals surface area (Å²) in [5.74, 6) is 2.21. The number of hydrogen-bond donors (Lipinski definition) is 0. The molecular formula is C25H28N2O4. The molecule has 3 heterocycles. The fourth-order valence-corrected chi connectivity index (χ4v) is 5.02. The second kappa shape index (κ2) is 7.93. The smallest absolute Gasteiger partial charge is 0.195 e. The topological polar surface area (TPSA) is 52.9 Å². The molecule has 0 saturated carbocycles. The van der Waals surface area contributed by atoms with Gasteiger partial charge in [0.25, 0.3) is 0 Å². The highest BCUT2D eigenvalue weighted by molar-refractivity contribution is 6.18. The lowest BCUT2D eigenvalue weighted by molar-refractivity contribution is 0.103. The van der Waals surface area contributed by atoms with Crippen LogP contribution >= 0.6 is 0 Å². The molecule has 0 bridgehead atoms. The first kappa shape index (κ1) is 19.9. The van der Waals surface area contributed by atoms with E-state index in [9.17, 15) is 4.79 Å². The molecule has 1 saturated heterocycles. The largest absolute Gasteiger partial charge is 0.497 e. The molecule has 1 unspecified atom stereocenters. The van der Waals surface area contributed by atoms with Crippen LogP contribution in [-0.2, 0) is 0 Å². The molecule has 6 nitrogen and oxygen atoms in total. The van der Waals surface area contributed by atoms with Crippen LogP contribution < -0.4 is 14.2 Å².